The molecular weight excluding hydrogens is 206 g/mol. The lowest BCUT2D eigenvalue weighted by Gasteiger charge is -2.02. The van der Waals surface area contributed by atoms with E-state index < -0.39 is 6.03 Å². The highest BCUT2D eigenvalue weighted by Crippen LogP contribution is 2.13. The Morgan fingerprint density at radius 3 is 2.69 bits per heavy atom. The van der Waals surface area contributed by atoms with Crippen molar-refractivity contribution in [2.45, 2.75) is 0 Å². The minimum atomic E-state index is -0.696. The van der Waals surface area contributed by atoms with E-state index in [2.05, 4.69) is 20.3 Å². The van der Waals surface area contributed by atoms with Crippen molar-refractivity contribution in [3.63, 3.8) is 0 Å². The summed E-state index contributed by atoms with van der Waals surface area (Å²) >= 11 is 0. The number of nitrogens with one attached hydrogen (secondary N) is 1. The first kappa shape index (κ1) is 10.0. The summed E-state index contributed by atoms with van der Waals surface area (Å²) in [6.07, 6.45) is 3.20. The number of pyridine rings is 1. The highest BCUT2D eigenvalue weighted by molar-refractivity contribution is 5.85. The topological polar surface area (TPSA) is 93.8 Å². The molecule has 0 aliphatic carbocycles. The molecule has 6 nitrogen and oxygen atoms in total. The third-order valence-electron chi connectivity index (χ3n) is 1.82. The van der Waals surface area contributed by atoms with E-state index in [1.54, 1.807) is 12.3 Å². The lowest BCUT2D eigenvalue weighted by atomic mass is 10.3. The average Bonchev–Trinajstić information content (AvgIpc) is 2.30. The Balaban J connectivity index is 2.33. The van der Waals surface area contributed by atoms with Gasteiger partial charge < -0.3 is 5.73 Å². The number of aromatic nitrogens is 3. The number of rotatable bonds is 2. The number of anilines is 1. The Kier molecular flexibility index (Phi) is 2.73. The number of nitrogens with two attached hydrogens (primary N) is 1. The van der Waals surface area contributed by atoms with E-state index in [1.165, 1.54) is 6.20 Å². The number of carbonyl (C=O) groups is 1. The summed E-state index contributed by atoms with van der Waals surface area (Å²) in [6.45, 7) is 0. The smallest absolute Gasteiger partial charge is 0.319 e. The summed E-state index contributed by atoms with van der Waals surface area (Å²) < 4.78 is 0. The Labute approximate surface area is 91.6 Å². The molecule has 0 fully saturated rings. The maximum Gasteiger partial charge on any atom is 0.319 e. The summed E-state index contributed by atoms with van der Waals surface area (Å²) in [6, 6.07) is 6.49. The predicted octanol–water partition coefficient (Wildman–Crippen LogP) is 1.03. The Hall–Kier alpha value is -2.50. The molecule has 16 heavy (non-hydrogen) atoms. The molecule has 2 aromatic rings. The van der Waals surface area contributed by atoms with Crippen LogP contribution < -0.4 is 11.1 Å². The zero-order chi connectivity index (χ0) is 11.4. The van der Waals surface area contributed by atoms with Crippen LogP contribution >= 0.6 is 0 Å². The van der Waals surface area contributed by atoms with Crippen molar-refractivity contribution in [3.05, 3.63) is 36.7 Å². The molecule has 2 aromatic heterocycles. The molecule has 0 radical (unpaired) electrons. The molecule has 0 atom stereocenters. The van der Waals surface area contributed by atoms with Gasteiger partial charge >= 0.3 is 6.03 Å². The molecule has 0 saturated heterocycles. The van der Waals surface area contributed by atoms with E-state index in [0.717, 1.165) is 0 Å². The fourth-order valence-electron chi connectivity index (χ4n) is 1.19. The number of amides is 2. The Bertz CT molecular complexity index is 500. The molecule has 0 aliphatic rings. The van der Waals surface area contributed by atoms with Crippen molar-refractivity contribution in [2.75, 3.05) is 5.32 Å². The van der Waals surface area contributed by atoms with Gasteiger partial charge in [-0.1, -0.05) is 6.07 Å². The number of carbonyl (C=O) groups excluding carboxylic acids is 1. The number of hydrogen-bond donors (Lipinski definition) is 2. The van der Waals surface area contributed by atoms with Crippen molar-refractivity contribution in [2.24, 2.45) is 5.73 Å². The van der Waals surface area contributed by atoms with Crippen molar-refractivity contribution in [1.82, 2.24) is 15.0 Å². The second-order valence-electron chi connectivity index (χ2n) is 2.97. The van der Waals surface area contributed by atoms with Crippen LogP contribution in [0, 0.1) is 0 Å². The minimum Gasteiger partial charge on any atom is -0.351 e. The molecule has 3 N–H and O–H groups in total. The van der Waals surface area contributed by atoms with Crippen LogP contribution in [0.4, 0.5) is 10.7 Å². The largest absolute Gasteiger partial charge is 0.351 e. The first-order valence-corrected chi connectivity index (χ1v) is 4.56. The molecule has 2 rings (SSSR count). The van der Waals surface area contributed by atoms with Crippen LogP contribution in [0.3, 0.4) is 0 Å². The zero-order valence-corrected chi connectivity index (χ0v) is 8.29. The van der Waals surface area contributed by atoms with Crippen molar-refractivity contribution in [1.29, 1.82) is 0 Å². The van der Waals surface area contributed by atoms with Crippen molar-refractivity contribution in [3.8, 4) is 11.4 Å². The molecule has 0 saturated carbocycles. The number of urea groups is 1. The maximum absolute atomic E-state index is 10.6. The van der Waals surface area contributed by atoms with Crippen LogP contribution in [-0.4, -0.2) is 21.0 Å². The van der Waals surface area contributed by atoms with Gasteiger partial charge in [0.15, 0.2) is 0 Å². The number of hydrogen-bond acceptors (Lipinski definition) is 4. The zero-order valence-electron chi connectivity index (χ0n) is 8.29. The third kappa shape index (κ3) is 2.30. The normalized spacial score (nSPS) is 9.75. The maximum atomic E-state index is 10.6. The molecule has 0 unspecified atom stereocenters. The highest BCUT2D eigenvalue weighted by Gasteiger charge is 2.03. The fraction of sp³-hybridized carbons (Fsp3) is 0. The van der Waals surface area contributed by atoms with Gasteiger partial charge in [0.1, 0.15) is 0 Å². The monoisotopic (exact) mass is 215 g/mol. The summed E-state index contributed by atoms with van der Waals surface area (Å²) in [5.41, 5.74) is 6.30. The molecule has 0 aromatic carbocycles. The standard InChI is InChI=1S/C10H9N5O/c11-9(16)15-10-13-6-4-8(14-10)7-3-1-2-5-12-7/h1-6H,(H3,11,13,14,15,16). The molecule has 0 bridgehead atoms. The number of nitrogens with zero attached hydrogens (tertiary/aromatic N) is 3. The molecular formula is C10H9N5O. The molecule has 2 heterocycles. The van der Waals surface area contributed by atoms with Gasteiger partial charge in [-0.05, 0) is 18.2 Å². The molecule has 0 aliphatic heterocycles. The van der Waals surface area contributed by atoms with Crippen LogP contribution in [-0.2, 0) is 0 Å². The average molecular weight is 215 g/mol. The number of primary amides is 1. The first-order chi connectivity index (χ1) is 7.75. The summed E-state index contributed by atoms with van der Waals surface area (Å²) in [5, 5.41) is 2.30. The van der Waals surface area contributed by atoms with Crippen molar-refractivity contribution >= 4 is 12.0 Å². The SMILES string of the molecule is NC(=O)Nc1nccc(-c2ccccn2)n1. The lowest BCUT2D eigenvalue weighted by Crippen LogP contribution is -2.20. The molecule has 80 valence electrons. The first-order valence-electron chi connectivity index (χ1n) is 4.56. The van der Waals surface area contributed by atoms with Gasteiger partial charge in [0.2, 0.25) is 5.95 Å². The quantitative estimate of drug-likeness (QED) is 0.782. The molecule has 0 spiro atoms. The van der Waals surface area contributed by atoms with E-state index in [0.29, 0.717) is 11.4 Å². The van der Waals surface area contributed by atoms with E-state index in [9.17, 15) is 4.79 Å². The second-order valence-corrected chi connectivity index (χ2v) is 2.97. The van der Waals surface area contributed by atoms with Gasteiger partial charge in [0.05, 0.1) is 11.4 Å². The van der Waals surface area contributed by atoms with E-state index >= 15 is 0 Å². The van der Waals surface area contributed by atoms with Gasteiger partial charge in [-0.2, -0.15) is 0 Å². The van der Waals surface area contributed by atoms with E-state index in [-0.39, 0.29) is 5.95 Å². The molecule has 2 amide bonds. The minimum absolute atomic E-state index is 0.163. The Morgan fingerprint density at radius 2 is 2.00 bits per heavy atom. The van der Waals surface area contributed by atoms with Crippen LogP contribution in [0.2, 0.25) is 0 Å². The van der Waals surface area contributed by atoms with Gasteiger partial charge in [0, 0.05) is 12.4 Å². The summed E-state index contributed by atoms with van der Waals surface area (Å²) in [5.74, 6) is 0.163. The lowest BCUT2D eigenvalue weighted by molar-refractivity contribution is 0.259. The van der Waals surface area contributed by atoms with E-state index in [4.69, 9.17) is 5.73 Å². The van der Waals surface area contributed by atoms with Crippen LogP contribution in [0.25, 0.3) is 11.4 Å². The second kappa shape index (κ2) is 4.35. The summed E-state index contributed by atoms with van der Waals surface area (Å²) in [7, 11) is 0. The predicted molar refractivity (Wildman–Crippen MR) is 58.5 cm³/mol. The van der Waals surface area contributed by atoms with Crippen molar-refractivity contribution < 1.29 is 4.79 Å². The van der Waals surface area contributed by atoms with Gasteiger partial charge in [-0.15, -0.1) is 0 Å². The summed E-state index contributed by atoms with van der Waals surface area (Å²) in [4.78, 5) is 22.7. The van der Waals surface area contributed by atoms with E-state index in [1.807, 2.05) is 18.2 Å². The van der Waals surface area contributed by atoms with Gasteiger partial charge in [-0.25, -0.2) is 14.8 Å². The molecule has 6 heteroatoms. The highest BCUT2D eigenvalue weighted by atomic mass is 16.2. The third-order valence-corrected chi connectivity index (χ3v) is 1.82. The van der Waals surface area contributed by atoms with Gasteiger partial charge in [-0.3, -0.25) is 10.3 Å². The fourth-order valence-corrected chi connectivity index (χ4v) is 1.19. The van der Waals surface area contributed by atoms with Crippen LogP contribution in [0.1, 0.15) is 0 Å². The van der Waals surface area contributed by atoms with Gasteiger partial charge in [0.25, 0.3) is 0 Å². The Morgan fingerprint density at radius 1 is 1.12 bits per heavy atom. The van der Waals surface area contributed by atoms with Crippen LogP contribution in [0.5, 0.6) is 0 Å². The van der Waals surface area contributed by atoms with Crippen LogP contribution in [0.15, 0.2) is 36.7 Å².